The number of hydrogen-bond donors (Lipinski definition) is 1. The van der Waals surface area contributed by atoms with E-state index in [9.17, 15) is 0 Å². The van der Waals surface area contributed by atoms with E-state index in [-0.39, 0.29) is 0 Å². The first kappa shape index (κ1) is 12.8. The number of benzene rings is 1. The molecule has 1 saturated carbocycles. The van der Waals surface area contributed by atoms with Gasteiger partial charge in [0.05, 0.1) is 7.11 Å². The number of nitrogens with one attached hydrogen (secondary N) is 1. The van der Waals surface area contributed by atoms with E-state index in [1.165, 1.54) is 50.1 Å². The summed E-state index contributed by atoms with van der Waals surface area (Å²) in [6.07, 6.45) is 4.08. The number of nitrogens with zero attached hydrogens (tertiary/aromatic N) is 1. The lowest BCUT2D eigenvalue weighted by molar-refractivity contribution is 0.414. The molecule has 1 aliphatic heterocycles. The van der Waals surface area contributed by atoms with Gasteiger partial charge in [-0.2, -0.15) is 0 Å². The highest BCUT2D eigenvalue weighted by molar-refractivity contribution is 5.56. The van der Waals surface area contributed by atoms with Gasteiger partial charge in [0.25, 0.3) is 0 Å². The zero-order valence-corrected chi connectivity index (χ0v) is 12.0. The van der Waals surface area contributed by atoms with E-state index in [0.717, 1.165) is 17.7 Å². The van der Waals surface area contributed by atoms with E-state index in [1.54, 1.807) is 7.11 Å². The van der Waals surface area contributed by atoms with Crippen molar-refractivity contribution in [3.63, 3.8) is 0 Å². The average molecular weight is 260 g/mol. The van der Waals surface area contributed by atoms with Crippen molar-refractivity contribution in [2.24, 2.45) is 5.92 Å². The van der Waals surface area contributed by atoms with Crippen molar-refractivity contribution in [3.05, 3.63) is 23.8 Å². The van der Waals surface area contributed by atoms with Crippen LogP contribution in [0, 0.1) is 12.8 Å². The standard InChI is InChI=1S/C16H24N2O/c1-12-9-15(19-2)5-6-16(12)18-8-7-13(11-18)10-17-14-3-4-14/h5-6,9,13-14,17H,3-4,7-8,10-11H2,1-2H3. The zero-order chi connectivity index (χ0) is 13.2. The first-order valence-corrected chi connectivity index (χ1v) is 7.39. The van der Waals surface area contributed by atoms with Crippen molar-refractivity contribution < 1.29 is 4.74 Å². The van der Waals surface area contributed by atoms with Gasteiger partial charge in [0, 0.05) is 24.8 Å². The average Bonchev–Trinajstić information content (AvgIpc) is 3.14. The molecule has 3 rings (SSSR count). The lowest BCUT2D eigenvalue weighted by Crippen LogP contribution is -2.27. The fourth-order valence-electron chi connectivity index (χ4n) is 2.95. The molecule has 3 heteroatoms. The smallest absolute Gasteiger partial charge is 0.119 e. The van der Waals surface area contributed by atoms with E-state index in [0.29, 0.717) is 0 Å². The molecule has 1 unspecified atom stereocenters. The molecule has 0 aromatic heterocycles. The molecule has 0 radical (unpaired) electrons. The van der Waals surface area contributed by atoms with Gasteiger partial charge < -0.3 is 15.0 Å². The first-order valence-electron chi connectivity index (χ1n) is 7.39. The molecule has 1 saturated heterocycles. The molecule has 1 heterocycles. The highest BCUT2D eigenvalue weighted by Gasteiger charge is 2.26. The van der Waals surface area contributed by atoms with Crippen LogP contribution >= 0.6 is 0 Å². The van der Waals surface area contributed by atoms with Gasteiger partial charge in [0.2, 0.25) is 0 Å². The van der Waals surface area contributed by atoms with Crippen LogP contribution in [0.15, 0.2) is 18.2 Å². The molecule has 2 fully saturated rings. The number of ether oxygens (including phenoxy) is 1. The van der Waals surface area contributed by atoms with Crippen molar-refractivity contribution >= 4 is 5.69 Å². The van der Waals surface area contributed by atoms with E-state index in [4.69, 9.17) is 4.74 Å². The predicted molar refractivity (Wildman–Crippen MR) is 79.1 cm³/mol. The van der Waals surface area contributed by atoms with Crippen LogP contribution in [0.3, 0.4) is 0 Å². The number of rotatable bonds is 5. The highest BCUT2D eigenvalue weighted by Crippen LogP contribution is 2.29. The Bertz CT molecular complexity index is 442. The molecule has 19 heavy (non-hydrogen) atoms. The summed E-state index contributed by atoms with van der Waals surface area (Å²) in [7, 11) is 1.73. The van der Waals surface area contributed by atoms with Gasteiger partial charge in [-0.15, -0.1) is 0 Å². The Balaban J connectivity index is 1.60. The maximum atomic E-state index is 5.28. The second-order valence-electron chi connectivity index (χ2n) is 5.94. The quantitative estimate of drug-likeness (QED) is 0.880. The lowest BCUT2D eigenvalue weighted by atomic mass is 10.1. The Labute approximate surface area is 115 Å². The molecule has 0 spiro atoms. The number of anilines is 1. The molecule has 3 nitrogen and oxygen atoms in total. The van der Waals surface area contributed by atoms with Crippen LogP contribution in [0.25, 0.3) is 0 Å². The maximum Gasteiger partial charge on any atom is 0.119 e. The largest absolute Gasteiger partial charge is 0.497 e. The van der Waals surface area contributed by atoms with Gasteiger partial charge in [-0.25, -0.2) is 0 Å². The van der Waals surface area contributed by atoms with E-state index in [1.807, 2.05) is 0 Å². The lowest BCUT2D eigenvalue weighted by Gasteiger charge is -2.21. The van der Waals surface area contributed by atoms with E-state index in [2.05, 4.69) is 35.3 Å². The minimum Gasteiger partial charge on any atom is -0.497 e. The van der Waals surface area contributed by atoms with Crippen LogP contribution < -0.4 is 15.0 Å². The second kappa shape index (κ2) is 5.41. The van der Waals surface area contributed by atoms with Gasteiger partial charge in [-0.1, -0.05) is 0 Å². The number of aryl methyl sites for hydroxylation is 1. The summed E-state index contributed by atoms with van der Waals surface area (Å²) in [4.78, 5) is 2.52. The monoisotopic (exact) mass is 260 g/mol. The van der Waals surface area contributed by atoms with Crippen LogP contribution in [0.1, 0.15) is 24.8 Å². The molecule has 1 N–H and O–H groups in total. The fourth-order valence-corrected chi connectivity index (χ4v) is 2.95. The van der Waals surface area contributed by atoms with Gasteiger partial charge >= 0.3 is 0 Å². The molecular weight excluding hydrogens is 236 g/mol. The number of hydrogen-bond acceptors (Lipinski definition) is 3. The predicted octanol–water partition coefficient (Wildman–Crippen LogP) is 2.58. The Hall–Kier alpha value is -1.22. The maximum absolute atomic E-state index is 5.28. The third kappa shape index (κ3) is 3.03. The van der Waals surface area contributed by atoms with Crippen LogP contribution in [0.4, 0.5) is 5.69 Å². The van der Waals surface area contributed by atoms with Crippen molar-refractivity contribution in [3.8, 4) is 5.75 Å². The van der Waals surface area contributed by atoms with Crippen molar-refractivity contribution in [1.82, 2.24) is 5.32 Å². The molecule has 0 bridgehead atoms. The highest BCUT2D eigenvalue weighted by atomic mass is 16.5. The molecule has 2 aliphatic rings. The molecule has 1 atom stereocenters. The minimum atomic E-state index is 0.808. The van der Waals surface area contributed by atoms with Gasteiger partial charge in [0.1, 0.15) is 5.75 Å². The SMILES string of the molecule is COc1ccc(N2CCC(CNC3CC3)C2)c(C)c1. The Morgan fingerprint density at radius 3 is 2.84 bits per heavy atom. The van der Waals surface area contributed by atoms with Crippen LogP contribution in [-0.4, -0.2) is 32.8 Å². The Kier molecular flexibility index (Phi) is 3.65. The van der Waals surface area contributed by atoms with Crippen molar-refractivity contribution in [2.45, 2.75) is 32.2 Å². The Morgan fingerprint density at radius 2 is 2.16 bits per heavy atom. The molecule has 1 aromatic carbocycles. The summed E-state index contributed by atoms with van der Waals surface area (Å²) in [5, 5.41) is 3.66. The fraction of sp³-hybridized carbons (Fsp3) is 0.625. The molecular formula is C16H24N2O. The van der Waals surface area contributed by atoms with Gasteiger partial charge in [0.15, 0.2) is 0 Å². The summed E-state index contributed by atoms with van der Waals surface area (Å²) in [5.41, 5.74) is 2.69. The van der Waals surface area contributed by atoms with Gasteiger partial charge in [-0.05, 0) is 62.4 Å². The van der Waals surface area contributed by atoms with Crippen LogP contribution in [0.2, 0.25) is 0 Å². The normalized spacial score (nSPS) is 22.8. The van der Waals surface area contributed by atoms with E-state index < -0.39 is 0 Å². The molecule has 1 aromatic rings. The summed E-state index contributed by atoms with van der Waals surface area (Å²) < 4.78 is 5.28. The Morgan fingerprint density at radius 1 is 1.32 bits per heavy atom. The van der Waals surface area contributed by atoms with Crippen molar-refractivity contribution in [2.75, 3.05) is 31.6 Å². The van der Waals surface area contributed by atoms with E-state index >= 15 is 0 Å². The number of methoxy groups -OCH3 is 1. The first-order chi connectivity index (χ1) is 9.26. The zero-order valence-electron chi connectivity index (χ0n) is 12.0. The van der Waals surface area contributed by atoms with Gasteiger partial charge in [-0.3, -0.25) is 0 Å². The molecule has 1 aliphatic carbocycles. The molecule has 104 valence electrons. The minimum absolute atomic E-state index is 0.808. The topological polar surface area (TPSA) is 24.5 Å². The summed E-state index contributed by atoms with van der Waals surface area (Å²) in [6.45, 7) is 5.74. The third-order valence-corrected chi connectivity index (χ3v) is 4.30. The summed E-state index contributed by atoms with van der Waals surface area (Å²) in [5.74, 6) is 1.76. The van der Waals surface area contributed by atoms with Crippen LogP contribution in [0.5, 0.6) is 5.75 Å². The second-order valence-corrected chi connectivity index (χ2v) is 5.94. The van der Waals surface area contributed by atoms with Crippen LogP contribution in [-0.2, 0) is 0 Å². The molecule has 0 amide bonds. The third-order valence-electron chi connectivity index (χ3n) is 4.30. The van der Waals surface area contributed by atoms with Crippen molar-refractivity contribution in [1.29, 1.82) is 0 Å². The summed E-state index contributed by atoms with van der Waals surface area (Å²) in [6, 6.07) is 7.23. The summed E-state index contributed by atoms with van der Waals surface area (Å²) >= 11 is 0.